The second kappa shape index (κ2) is 7.69. The predicted molar refractivity (Wildman–Crippen MR) is 91.6 cm³/mol. The molecule has 2 aromatic rings. The Hall–Kier alpha value is -2.39. The smallest absolute Gasteiger partial charge is 0.223 e. The van der Waals surface area contributed by atoms with Crippen LogP contribution < -0.4 is 10.1 Å². The summed E-state index contributed by atoms with van der Waals surface area (Å²) in [5.74, 6) is 0.756. The number of furan rings is 1. The standard InChI is InChI=1S/C19H21NO7/c1-11(21)20-15-16(22)17-14(10-24-18(27-17)13-8-5-9-23-13)26-19(15)25-12-6-3-2-4-7-12/h2-9,14-19,22H,10H2,1H3,(H,20,21)/t14-,15-,16-,17-,18?,19-/m1/s1. The van der Waals surface area contributed by atoms with Crippen molar-refractivity contribution < 1.29 is 33.3 Å². The molecule has 3 heterocycles. The van der Waals surface area contributed by atoms with E-state index in [0.717, 1.165) is 0 Å². The molecule has 8 heteroatoms. The van der Waals surface area contributed by atoms with Crippen molar-refractivity contribution in [1.29, 1.82) is 0 Å². The maximum Gasteiger partial charge on any atom is 0.223 e. The fraction of sp³-hybridized carbons (Fsp3) is 0.421. The molecule has 4 rings (SSSR count). The van der Waals surface area contributed by atoms with Crippen LogP contribution in [0.1, 0.15) is 19.0 Å². The zero-order valence-electron chi connectivity index (χ0n) is 14.7. The maximum absolute atomic E-state index is 11.7. The van der Waals surface area contributed by atoms with Gasteiger partial charge in [0.15, 0.2) is 5.76 Å². The quantitative estimate of drug-likeness (QED) is 0.832. The Labute approximate surface area is 156 Å². The minimum absolute atomic E-state index is 0.189. The lowest BCUT2D eigenvalue weighted by Gasteiger charge is -2.47. The molecule has 1 aromatic heterocycles. The fourth-order valence-electron chi connectivity index (χ4n) is 3.28. The van der Waals surface area contributed by atoms with Gasteiger partial charge < -0.3 is 33.8 Å². The number of aliphatic hydroxyl groups is 1. The number of carbonyl (C=O) groups is 1. The third-order valence-electron chi connectivity index (χ3n) is 4.51. The van der Waals surface area contributed by atoms with Gasteiger partial charge in [-0.25, -0.2) is 0 Å². The van der Waals surface area contributed by atoms with Crippen molar-refractivity contribution in [2.75, 3.05) is 6.61 Å². The molecule has 1 amide bonds. The van der Waals surface area contributed by atoms with E-state index in [0.29, 0.717) is 11.5 Å². The molecule has 1 unspecified atom stereocenters. The van der Waals surface area contributed by atoms with E-state index in [1.54, 1.807) is 24.3 Å². The van der Waals surface area contributed by atoms with Crippen LogP contribution in [0.3, 0.4) is 0 Å². The van der Waals surface area contributed by atoms with Crippen molar-refractivity contribution in [1.82, 2.24) is 5.32 Å². The summed E-state index contributed by atoms with van der Waals surface area (Å²) in [7, 11) is 0. The molecule has 2 aliphatic rings. The average Bonchev–Trinajstić information content (AvgIpc) is 3.20. The SMILES string of the molecule is CC(=O)N[C@H]1[C@H](Oc2ccccc2)O[C@@H]2COC(c3ccco3)O[C@H]2[C@@H]1O. The van der Waals surface area contributed by atoms with Crippen LogP contribution >= 0.6 is 0 Å². The summed E-state index contributed by atoms with van der Waals surface area (Å²) in [6.45, 7) is 1.56. The van der Waals surface area contributed by atoms with Gasteiger partial charge in [0.2, 0.25) is 18.5 Å². The summed E-state index contributed by atoms with van der Waals surface area (Å²) in [6.07, 6.45) is -2.43. The molecule has 2 aliphatic heterocycles. The number of nitrogens with one attached hydrogen (secondary N) is 1. The summed E-state index contributed by atoms with van der Waals surface area (Å²) in [6, 6.07) is 11.7. The highest BCUT2D eigenvalue weighted by molar-refractivity contribution is 5.73. The Kier molecular flexibility index (Phi) is 5.13. The normalized spacial score (nSPS) is 33.1. The Morgan fingerprint density at radius 2 is 2.00 bits per heavy atom. The van der Waals surface area contributed by atoms with E-state index in [1.165, 1.54) is 13.2 Å². The van der Waals surface area contributed by atoms with E-state index in [-0.39, 0.29) is 12.5 Å². The van der Waals surface area contributed by atoms with Gasteiger partial charge in [-0.15, -0.1) is 0 Å². The van der Waals surface area contributed by atoms with Crippen LogP contribution in [0, 0.1) is 0 Å². The van der Waals surface area contributed by atoms with E-state index in [1.807, 2.05) is 18.2 Å². The molecule has 0 spiro atoms. The number of carbonyl (C=O) groups excluding carboxylic acids is 1. The van der Waals surface area contributed by atoms with E-state index in [2.05, 4.69) is 5.32 Å². The average molecular weight is 375 g/mol. The van der Waals surface area contributed by atoms with Gasteiger partial charge in [0.25, 0.3) is 0 Å². The summed E-state index contributed by atoms with van der Waals surface area (Å²) in [5.41, 5.74) is 0. The van der Waals surface area contributed by atoms with Crippen molar-refractivity contribution in [2.45, 2.75) is 43.9 Å². The van der Waals surface area contributed by atoms with E-state index < -0.39 is 36.9 Å². The highest BCUT2D eigenvalue weighted by atomic mass is 16.8. The maximum atomic E-state index is 11.7. The highest BCUT2D eigenvalue weighted by Gasteiger charge is 2.51. The minimum Gasteiger partial charge on any atom is -0.464 e. The molecule has 0 saturated carbocycles. The van der Waals surface area contributed by atoms with E-state index >= 15 is 0 Å². The molecular formula is C19H21NO7. The molecule has 2 fully saturated rings. The summed E-state index contributed by atoms with van der Waals surface area (Å²) in [4.78, 5) is 11.7. The number of para-hydroxylation sites is 1. The number of benzene rings is 1. The number of fused-ring (bicyclic) bond motifs is 1. The molecule has 2 N–H and O–H groups in total. The number of ether oxygens (including phenoxy) is 4. The number of aliphatic hydroxyl groups excluding tert-OH is 1. The summed E-state index contributed by atoms with van der Waals surface area (Å²) in [5, 5.41) is 13.6. The van der Waals surface area contributed by atoms with Crippen LogP contribution in [-0.2, 0) is 19.0 Å². The molecule has 0 radical (unpaired) electrons. The first-order valence-electron chi connectivity index (χ1n) is 8.74. The van der Waals surface area contributed by atoms with Crippen molar-refractivity contribution in [2.24, 2.45) is 0 Å². The van der Waals surface area contributed by atoms with Gasteiger partial charge in [-0.1, -0.05) is 18.2 Å². The lowest BCUT2D eigenvalue weighted by molar-refractivity contribution is -0.336. The Balaban J connectivity index is 1.53. The van der Waals surface area contributed by atoms with Crippen LogP contribution in [0.25, 0.3) is 0 Å². The van der Waals surface area contributed by atoms with E-state index in [4.69, 9.17) is 23.4 Å². The molecule has 27 heavy (non-hydrogen) atoms. The number of hydrogen-bond donors (Lipinski definition) is 2. The van der Waals surface area contributed by atoms with Crippen molar-refractivity contribution in [3.8, 4) is 5.75 Å². The molecule has 2 saturated heterocycles. The minimum atomic E-state index is -1.05. The first-order chi connectivity index (χ1) is 13.1. The lowest BCUT2D eigenvalue weighted by Crippen LogP contribution is -2.67. The predicted octanol–water partition coefficient (Wildman–Crippen LogP) is 1.36. The topological polar surface area (TPSA) is 99.4 Å². The van der Waals surface area contributed by atoms with Crippen LogP contribution in [-0.4, -0.2) is 48.3 Å². The van der Waals surface area contributed by atoms with Gasteiger partial charge in [0.05, 0.1) is 12.9 Å². The Morgan fingerprint density at radius 1 is 1.19 bits per heavy atom. The van der Waals surface area contributed by atoms with Gasteiger partial charge in [-0.05, 0) is 24.3 Å². The van der Waals surface area contributed by atoms with Crippen molar-refractivity contribution in [3.63, 3.8) is 0 Å². The van der Waals surface area contributed by atoms with Gasteiger partial charge >= 0.3 is 0 Å². The van der Waals surface area contributed by atoms with Crippen molar-refractivity contribution in [3.05, 3.63) is 54.5 Å². The third kappa shape index (κ3) is 3.84. The summed E-state index contributed by atoms with van der Waals surface area (Å²) >= 11 is 0. The zero-order valence-corrected chi connectivity index (χ0v) is 14.7. The largest absolute Gasteiger partial charge is 0.464 e. The number of rotatable bonds is 4. The monoisotopic (exact) mass is 375 g/mol. The molecule has 1 aromatic carbocycles. The number of amides is 1. The van der Waals surface area contributed by atoms with Crippen LogP contribution in [0.5, 0.6) is 5.75 Å². The molecule has 0 bridgehead atoms. The zero-order chi connectivity index (χ0) is 18.8. The van der Waals surface area contributed by atoms with Gasteiger partial charge in [-0.2, -0.15) is 0 Å². The molecular weight excluding hydrogens is 354 g/mol. The summed E-state index contributed by atoms with van der Waals surface area (Å²) < 4.78 is 28.7. The van der Waals surface area contributed by atoms with Gasteiger partial charge in [0, 0.05) is 6.92 Å². The van der Waals surface area contributed by atoms with Gasteiger partial charge in [0.1, 0.15) is 30.1 Å². The molecule has 144 valence electrons. The first kappa shape index (κ1) is 18.0. The van der Waals surface area contributed by atoms with Crippen LogP contribution in [0.4, 0.5) is 0 Å². The Morgan fingerprint density at radius 3 is 2.70 bits per heavy atom. The Bertz CT molecular complexity index is 751. The molecule has 8 nitrogen and oxygen atoms in total. The fourth-order valence-corrected chi connectivity index (χ4v) is 3.28. The second-order valence-corrected chi connectivity index (χ2v) is 6.47. The van der Waals surface area contributed by atoms with Crippen LogP contribution in [0.15, 0.2) is 53.1 Å². The molecule has 0 aliphatic carbocycles. The van der Waals surface area contributed by atoms with Crippen LogP contribution in [0.2, 0.25) is 0 Å². The first-order valence-corrected chi connectivity index (χ1v) is 8.74. The highest BCUT2D eigenvalue weighted by Crippen LogP contribution is 2.34. The van der Waals surface area contributed by atoms with Gasteiger partial charge in [-0.3, -0.25) is 4.79 Å². The second-order valence-electron chi connectivity index (χ2n) is 6.47. The molecule has 6 atom stereocenters. The third-order valence-corrected chi connectivity index (χ3v) is 4.51. The van der Waals surface area contributed by atoms with E-state index in [9.17, 15) is 9.90 Å². The van der Waals surface area contributed by atoms with Crippen molar-refractivity contribution >= 4 is 5.91 Å². The lowest BCUT2D eigenvalue weighted by atomic mass is 9.96. The number of hydrogen-bond acceptors (Lipinski definition) is 7.